The van der Waals surface area contributed by atoms with Crippen LogP contribution in [0.1, 0.15) is 33.0 Å². The van der Waals surface area contributed by atoms with Gasteiger partial charge >= 0.3 is 0 Å². The maximum atomic E-state index is 5.56. The van der Waals surface area contributed by atoms with Gasteiger partial charge in [-0.3, -0.25) is 4.57 Å². The molecule has 1 aromatic carbocycles. The molecule has 27 heavy (non-hydrogen) atoms. The summed E-state index contributed by atoms with van der Waals surface area (Å²) in [5.41, 5.74) is 1.03. The van der Waals surface area contributed by atoms with E-state index in [0.29, 0.717) is 17.6 Å². The summed E-state index contributed by atoms with van der Waals surface area (Å²) in [4.78, 5) is 8.54. The Morgan fingerprint density at radius 3 is 2.48 bits per heavy atom. The summed E-state index contributed by atoms with van der Waals surface area (Å²) in [7, 11) is 0. The van der Waals surface area contributed by atoms with E-state index in [2.05, 4.69) is 38.6 Å². The van der Waals surface area contributed by atoms with Crippen molar-refractivity contribution in [2.24, 2.45) is 0 Å². The van der Waals surface area contributed by atoms with Crippen molar-refractivity contribution in [2.75, 3.05) is 6.61 Å². The fourth-order valence-corrected chi connectivity index (χ4v) is 3.99. The molecular formula is C19H23N5OS2. The number of thioether (sulfide) groups is 2. The summed E-state index contributed by atoms with van der Waals surface area (Å²) in [5.74, 6) is 2.38. The number of ether oxygens (including phenoxy) is 1. The molecule has 3 rings (SSSR count). The Hall–Kier alpha value is -2.06. The smallest absolute Gasteiger partial charge is 0.196 e. The van der Waals surface area contributed by atoms with Crippen LogP contribution in [0.5, 0.6) is 5.75 Å². The second kappa shape index (κ2) is 9.75. The van der Waals surface area contributed by atoms with Gasteiger partial charge in [0.2, 0.25) is 0 Å². The summed E-state index contributed by atoms with van der Waals surface area (Å²) in [6, 6.07) is 9.86. The molecule has 0 saturated carbocycles. The molecule has 0 fully saturated rings. The highest BCUT2D eigenvalue weighted by atomic mass is 32.2. The zero-order valence-corrected chi connectivity index (χ0v) is 17.3. The van der Waals surface area contributed by atoms with E-state index in [9.17, 15) is 0 Å². The topological polar surface area (TPSA) is 65.7 Å². The number of hydrogen-bond donors (Lipinski definition) is 0. The molecule has 2 aromatic heterocycles. The average molecular weight is 402 g/mol. The van der Waals surface area contributed by atoms with Gasteiger partial charge in [-0.05, 0) is 43.7 Å². The van der Waals surface area contributed by atoms with Gasteiger partial charge in [0, 0.05) is 23.3 Å². The van der Waals surface area contributed by atoms with Crippen LogP contribution in [-0.2, 0) is 5.75 Å². The van der Waals surface area contributed by atoms with Crippen LogP contribution < -0.4 is 4.74 Å². The molecule has 0 bridgehead atoms. The molecule has 0 N–H and O–H groups in total. The third-order valence-corrected chi connectivity index (χ3v) is 5.94. The van der Waals surface area contributed by atoms with Crippen LogP contribution in [0.3, 0.4) is 0 Å². The predicted octanol–water partition coefficient (Wildman–Crippen LogP) is 4.64. The standard InChI is InChI=1S/C19H23N5OS2/c1-4-14(3)27-19-23-22-17(13-26-18-20-11-6-12-21-18)24(19)15-7-9-16(10-8-15)25-5-2/h6-12,14H,4-5,13H2,1-3H3/t14-/m0/s1. The molecule has 0 amide bonds. The molecule has 0 aliphatic heterocycles. The zero-order valence-electron chi connectivity index (χ0n) is 15.7. The van der Waals surface area contributed by atoms with Crippen LogP contribution in [0.25, 0.3) is 5.69 Å². The Bertz CT molecular complexity index is 839. The SMILES string of the molecule is CCOc1ccc(-n2c(CSc3ncccn3)nnc2S[C@@H](C)CC)cc1. The van der Waals surface area contributed by atoms with Gasteiger partial charge in [-0.1, -0.05) is 37.4 Å². The van der Waals surface area contributed by atoms with Gasteiger partial charge in [0.05, 0.1) is 12.4 Å². The zero-order chi connectivity index (χ0) is 19.1. The Balaban J connectivity index is 1.88. The molecule has 0 aliphatic carbocycles. The molecule has 0 aliphatic rings. The van der Waals surface area contributed by atoms with Gasteiger partial charge in [-0.25, -0.2) is 9.97 Å². The first kappa shape index (κ1) is 19.7. The minimum atomic E-state index is 0.466. The molecule has 1 atom stereocenters. The van der Waals surface area contributed by atoms with Gasteiger partial charge in [0.15, 0.2) is 10.3 Å². The van der Waals surface area contributed by atoms with E-state index in [0.717, 1.165) is 34.0 Å². The van der Waals surface area contributed by atoms with Crippen LogP contribution in [-0.4, -0.2) is 36.6 Å². The maximum absolute atomic E-state index is 5.56. The lowest BCUT2D eigenvalue weighted by molar-refractivity contribution is 0.340. The minimum Gasteiger partial charge on any atom is -0.494 e. The molecule has 142 valence electrons. The van der Waals surface area contributed by atoms with Crippen LogP contribution in [0.4, 0.5) is 0 Å². The summed E-state index contributed by atoms with van der Waals surface area (Å²) in [6.07, 6.45) is 4.57. The molecule has 3 aromatic rings. The van der Waals surface area contributed by atoms with Crippen LogP contribution in [0.15, 0.2) is 53.0 Å². The van der Waals surface area contributed by atoms with E-state index in [-0.39, 0.29) is 0 Å². The van der Waals surface area contributed by atoms with Crippen LogP contribution in [0, 0.1) is 0 Å². The van der Waals surface area contributed by atoms with E-state index in [1.807, 2.05) is 37.3 Å². The van der Waals surface area contributed by atoms with E-state index in [1.165, 1.54) is 0 Å². The normalized spacial score (nSPS) is 12.1. The van der Waals surface area contributed by atoms with Gasteiger partial charge in [-0.2, -0.15) is 0 Å². The Labute approximate surface area is 168 Å². The molecule has 2 heterocycles. The second-order valence-electron chi connectivity index (χ2n) is 5.82. The highest BCUT2D eigenvalue weighted by molar-refractivity contribution is 7.99. The van der Waals surface area contributed by atoms with Crippen molar-refractivity contribution in [3.05, 3.63) is 48.5 Å². The summed E-state index contributed by atoms with van der Waals surface area (Å²) < 4.78 is 7.67. The highest BCUT2D eigenvalue weighted by Gasteiger charge is 2.17. The number of hydrogen-bond acceptors (Lipinski definition) is 7. The first-order chi connectivity index (χ1) is 13.2. The van der Waals surface area contributed by atoms with Gasteiger partial charge < -0.3 is 4.74 Å². The van der Waals surface area contributed by atoms with Crippen molar-refractivity contribution in [1.82, 2.24) is 24.7 Å². The molecule has 8 heteroatoms. The number of rotatable bonds is 9. The molecule has 0 saturated heterocycles. The van der Waals surface area contributed by atoms with Crippen molar-refractivity contribution in [1.29, 1.82) is 0 Å². The summed E-state index contributed by atoms with van der Waals surface area (Å²) >= 11 is 3.29. The van der Waals surface area contributed by atoms with E-state index in [1.54, 1.807) is 35.9 Å². The van der Waals surface area contributed by atoms with Crippen molar-refractivity contribution >= 4 is 23.5 Å². The van der Waals surface area contributed by atoms with Crippen LogP contribution in [0.2, 0.25) is 0 Å². The fourth-order valence-electron chi connectivity index (χ4n) is 2.34. The van der Waals surface area contributed by atoms with E-state index >= 15 is 0 Å². The van der Waals surface area contributed by atoms with Crippen LogP contribution >= 0.6 is 23.5 Å². The first-order valence-electron chi connectivity index (χ1n) is 8.95. The second-order valence-corrected chi connectivity index (χ2v) is 8.17. The lowest BCUT2D eigenvalue weighted by Gasteiger charge is -2.13. The summed E-state index contributed by atoms with van der Waals surface area (Å²) in [5, 5.41) is 11.0. The largest absolute Gasteiger partial charge is 0.494 e. The quantitative estimate of drug-likeness (QED) is 0.382. The number of aromatic nitrogens is 5. The maximum Gasteiger partial charge on any atom is 0.196 e. The number of benzene rings is 1. The van der Waals surface area contributed by atoms with Gasteiger partial charge in [0.25, 0.3) is 0 Å². The molecule has 0 radical (unpaired) electrons. The lowest BCUT2D eigenvalue weighted by atomic mass is 10.3. The average Bonchev–Trinajstić information content (AvgIpc) is 3.10. The predicted molar refractivity (Wildman–Crippen MR) is 110 cm³/mol. The molecule has 6 nitrogen and oxygen atoms in total. The Kier molecular flexibility index (Phi) is 7.11. The van der Waals surface area contributed by atoms with Gasteiger partial charge in [0.1, 0.15) is 11.6 Å². The monoisotopic (exact) mass is 401 g/mol. The van der Waals surface area contributed by atoms with E-state index < -0.39 is 0 Å². The molecule has 0 spiro atoms. The Morgan fingerprint density at radius 1 is 1.07 bits per heavy atom. The Morgan fingerprint density at radius 2 is 1.81 bits per heavy atom. The van der Waals surface area contributed by atoms with Crippen molar-refractivity contribution in [3.63, 3.8) is 0 Å². The number of nitrogens with zero attached hydrogens (tertiary/aromatic N) is 5. The van der Waals surface area contributed by atoms with Gasteiger partial charge in [-0.15, -0.1) is 10.2 Å². The first-order valence-corrected chi connectivity index (χ1v) is 10.8. The van der Waals surface area contributed by atoms with Crippen molar-refractivity contribution < 1.29 is 4.74 Å². The molecular weight excluding hydrogens is 378 g/mol. The van der Waals surface area contributed by atoms with E-state index in [4.69, 9.17) is 4.74 Å². The fraction of sp³-hybridized carbons (Fsp3) is 0.368. The minimum absolute atomic E-state index is 0.466. The summed E-state index contributed by atoms with van der Waals surface area (Å²) in [6.45, 7) is 7.02. The lowest BCUT2D eigenvalue weighted by Crippen LogP contribution is -2.04. The molecule has 0 unspecified atom stereocenters. The third kappa shape index (κ3) is 5.23. The van der Waals surface area contributed by atoms with Crippen molar-refractivity contribution in [3.8, 4) is 11.4 Å². The third-order valence-electron chi connectivity index (χ3n) is 3.86. The van der Waals surface area contributed by atoms with Crippen molar-refractivity contribution in [2.45, 2.75) is 48.5 Å². The highest BCUT2D eigenvalue weighted by Crippen LogP contribution is 2.29.